The fraction of sp³-hybridized carbons (Fsp3) is 0.286. The Morgan fingerprint density at radius 3 is 2.70 bits per heavy atom. The van der Waals surface area contributed by atoms with Crippen molar-refractivity contribution < 1.29 is 4.79 Å². The van der Waals surface area contributed by atoms with Crippen molar-refractivity contribution >= 4 is 11.7 Å². The average molecular weight is 271 g/mol. The summed E-state index contributed by atoms with van der Waals surface area (Å²) in [5, 5.41) is 5.89. The Labute approximate surface area is 117 Å². The van der Waals surface area contributed by atoms with Crippen LogP contribution in [0.4, 0.5) is 5.82 Å². The van der Waals surface area contributed by atoms with Crippen molar-refractivity contribution in [1.29, 1.82) is 0 Å². The van der Waals surface area contributed by atoms with Crippen molar-refractivity contribution in [2.45, 2.75) is 26.4 Å². The first-order valence-electron chi connectivity index (χ1n) is 6.41. The quantitative estimate of drug-likeness (QED) is 0.864. The molecule has 2 aromatic heterocycles. The highest BCUT2D eigenvalue weighted by molar-refractivity contribution is 5.92. The van der Waals surface area contributed by atoms with Crippen molar-refractivity contribution in [2.75, 3.05) is 5.32 Å². The van der Waals surface area contributed by atoms with Gasteiger partial charge in [0.25, 0.3) is 5.91 Å². The standard InChI is InChI=1S/C14H17N5O/c1-10(2)19-14(20)12-8-18-13(9-16-12)17-7-11-4-3-5-15-6-11/h3-6,8-10H,7H2,1-2H3,(H,17,18)(H,19,20). The van der Waals surface area contributed by atoms with E-state index in [1.165, 1.54) is 6.20 Å². The van der Waals surface area contributed by atoms with Crippen molar-refractivity contribution in [1.82, 2.24) is 20.3 Å². The summed E-state index contributed by atoms with van der Waals surface area (Å²) in [7, 11) is 0. The van der Waals surface area contributed by atoms with Gasteiger partial charge in [0.1, 0.15) is 11.5 Å². The zero-order chi connectivity index (χ0) is 14.4. The van der Waals surface area contributed by atoms with E-state index in [2.05, 4.69) is 25.6 Å². The van der Waals surface area contributed by atoms with Crippen molar-refractivity contribution in [3.05, 3.63) is 48.2 Å². The molecule has 0 aromatic carbocycles. The number of anilines is 1. The van der Waals surface area contributed by atoms with E-state index >= 15 is 0 Å². The van der Waals surface area contributed by atoms with Gasteiger partial charge >= 0.3 is 0 Å². The maximum atomic E-state index is 11.7. The van der Waals surface area contributed by atoms with Gasteiger partial charge in [-0.05, 0) is 25.5 Å². The summed E-state index contributed by atoms with van der Waals surface area (Å²) in [6, 6.07) is 3.92. The number of hydrogen-bond acceptors (Lipinski definition) is 5. The van der Waals surface area contributed by atoms with Gasteiger partial charge in [-0.3, -0.25) is 9.78 Å². The smallest absolute Gasteiger partial charge is 0.271 e. The first-order valence-corrected chi connectivity index (χ1v) is 6.41. The molecule has 0 saturated carbocycles. The highest BCUT2D eigenvalue weighted by Crippen LogP contribution is 2.04. The lowest BCUT2D eigenvalue weighted by atomic mass is 10.3. The van der Waals surface area contributed by atoms with Crippen molar-refractivity contribution in [3.8, 4) is 0 Å². The Kier molecular flexibility index (Phi) is 4.60. The van der Waals surface area contributed by atoms with Crippen LogP contribution in [0, 0.1) is 0 Å². The zero-order valence-electron chi connectivity index (χ0n) is 11.5. The minimum atomic E-state index is -0.216. The van der Waals surface area contributed by atoms with Crippen molar-refractivity contribution in [3.63, 3.8) is 0 Å². The van der Waals surface area contributed by atoms with Crippen LogP contribution in [0.3, 0.4) is 0 Å². The largest absolute Gasteiger partial charge is 0.365 e. The number of hydrogen-bond donors (Lipinski definition) is 2. The van der Waals surface area contributed by atoms with Gasteiger partial charge in [0.15, 0.2) is 0 Å². The molecule has 0 aliphatic carbocycles. The van der Waals surface area contributed by atoms with Crippen molar-refractivity contribution in [2.24, 2.45) is 0 Å². The number of carbonyl (C=O) groups is 1. The summed E-state index contributed by atoms with van der Waals surface area (Å²) >= 11 is 0. The summed E-state index contributed by atoms with van der Waals surface area (Å²) in [5.74, 6) is 0.404. The summed E-state index contributed by atoms with van der Waals surface area (Å²) in [5.41, 5.74) is 1.36. The number of aromatic nitrogens is 3. The second-order valence-corrected chi connectivity index (χ2v) is 4.63. The fourth-order valence-electron chi connectivity index (χ4n) is 1.57. The molecule has 2 rings (SSSR count). The Morgan fingerprint density at radius 2 is 2.10 bits per heavy atom. The van der Waals surface area contributed by atoms with Crippen LogP contribution in [0.1, 0.15) is 29.9 Å². The van der Waals surface area contributed by atoms with Gasteiger partial charge in [-0.25, -0.2) is 9.97 Å². The molecule has 2 aromatic rings. The molecule has 0 aliphatic rings. The number of amides is 1. The van der Waals surface area contributed by atoms with Crippen LogP contribution in [0.25, 0.3) is 0 Å². The first kappa shape index (κ1) is 13.9. The van der Waals surface area contributed by atoms with E-state index in [0.717, 1.165) is 5.56 Å². The van der Waals surface area contributed by atoms with E-state index < -0.39 is 0 Å². The van der Waals surface area contributed by atoms with Crippen LogP contribution in [0.5, 0.6) is 0 Å². The van der Waals surface area contributed by atoms with E-state index in [-0.39, 0.29) is 11.9 Å². The molecule has 0 saturated heterocycles. The molecule has 2 heterocycles. The zero-order valence-corrected chi connectivity index (χ0v) is 11.5. The topological polar surface area (TPSA) is 79.8 Å². The Bertz CT molecular complexity index is 554. The minimum Gasteiger partial charge on any atom is -0.365 e. The maximum Gasteiger partial charge on any atom is 0.271 e. The molecule has 0 fully saturated rings. The summed E-state index contributed by atoms with van der Waals surface area (Å²) in [6.45, 7) is 4.41. The normalized spacial score (nSPS) is 10.3. The molecule has 1 amide bonds. The van der Waals surface area contributed by atoms with E-state index in [9.17, 15) is 4.79 Å². The predicted molar refractivity (Wildman–Crippen MR) is 76.2 cm³/mol. The van der Waals surface area contributed by atoms with Gasteiger partial charge in [0, 0.05) is 25.0 Å². The molecule has 0 bridgehead atoms. The third kappa shape index (κ3) is 4.01. The fourth-order valence-corrected chi connectivity index (χ4v) is 1.57. The van der Waals surface area contributed by atoms with Gasteiger partial charge in [-0.15, -0.1) is 0 Å². The van der Waals surface area contributed by atoms with Gasteiger partial charge in [0.05, 0.1) is 12.4 Å². The summed E-state index contributed by atoms with van der Waals surface area (Å²) < 4.78 is 0. The number of rotatable bonds is 5. The molecule has 0 spiro atoms. The average Bonchev–Trinajstić information content (AvgIpc) is 2.46. The van der Waals surface area contributed by atoms with Gasteiger partial charge in [-0.2, -0.15) is 0 Å². The van der Waals surface area contributed by atoms with Gasteiger partial charge in [-0.1, -0.05) is 6.07 Å². The third-order valence-corrected chi connectivity index (χ3v) is 2.50. The van der Waals surface area contributed by atoms with E-state index in [0.29, 0.717) is 18.1 Å². The van der Waals surface area contributed by atoms with Crippen LogP contribution in [-0.4, -0.2) is 26.9 Å². The molecule has 0 radical (unpaired) electrons. The molecule has 6 heteroatoms. The second kappa shape index (κ2) is 6.60. The lowest BCUT2D eigenvalue weighted by molar-refractivity contribution is 0.0937. The van der Waals surface area contributed by atoms with E-state index in [1.807, 2.05) is 26.0 Å². The van der Waals surface area contributed by atoms with Crippen LogP contribution in [0.2, 0.25) is 0 Å². The highest BCUT2D eigenvalue weighted by Gasteiger charge is 2.08. The molecule has 2 N–H and O–H groups in total. The lowest BCUT2D eigenvalue weighted by Crippen LogP contribution is -2.30. The number of pyridine rings is 1. The molecular weight excluding hydrogens is 254 g/mol. The summed E-state index contributed by atoms with van der Waals surface area (Å²) in [4.78, 5) is 24.0. The first-order chi connectivity index (χ1) is 9.65. The SMILES string of the molecule is CC(C)NC(=O)c1cnc(NCc2cccnc2)cn1. The van der Waals surface area contributed by atoms with E-state index in [1.54, 1.807) is 18.6 Å². The molecule has 20 heavy (non-hydrogen) atoms. The molecule has 6 nitrogen and oxygen atoms in total. The summed E-state index contributed by atoms with van der Waals surface area (Å²) in [6.07, 6.45) is 6.52. The predicted octanol–water partition coefficient (Wildman–Crippen LogP) is 1.62. The number of carbonyl (C=O) groups excluding carboxylic acids is 1. The van der Waals surface area contributed by atoms with Gasteiger partial charge in [0.2, 0.25) is 0 Å². The van der Waals surface area contributed by atoms with Crippen LogP contribution in [0.15, 0.2) is 36.9 Å². The van der Waals surface area contributed by atoms with Crippen LogP contribution in [-0.2, 0) is 6.54 Å². The Balaban J connectivity index is 1.93. The number of nitrogens with one attached hydrogen (secondary N) is 2. The molecule has 0 atom stereocenters. The minimum absolute atomic E-state index is 0.0766. The second-order valence-electron chi connectivity index (χ2n) is 4.63. The third-order valence-electron chi connectivity index (χ3n) is 2.50. The maximum absolute atomic E-state index is 11.7. The highest BCUT2D eigenvalue weighted by atomic mass is 16.1. The monoisotopic (exact) mass is 271 g/mol. The molecular formula is C14H17N5O. The van der Waals surface area contributed by atoms with Crippen LogP contribution < -0.4 is 10.6 Å². The number of nitrogens with zero attached hydrogens (tertiary/aromatic N) is 3. The van der Waals surface area contributed by atoms with Crippen LogP contribution >= 0.6 is 0 Å². The Morgan fingerprint density at radius 1 is 1.25 bits per heavy atom. The Hall–Kier alpha value is -2.50. The molecule has 0 aliphatic heterocycles. The molecule has 104 valence electrons. The molecule has 0 unspecified atom stereocenters. The van der Waals surface area contributed by atoms with Gasteiger partial charge < -0.3 is 10.6 Å². The lowest BCUT2D eigenvalue weighted by Gasteiger charge is -2.08. The van der Waals surface area contributed by atoms with E-state index in [4.69, 9.17) is 0 Å².